The summed E-state index contributed by atoms with van der Waals surface area (Å²) < 4.78 is 30.6. The zero-order valence-electron chi connectivity index (χ0n) is 7.83. The third-order valence-corrected chi connectivity index (χ3v) is 1.64. The second-order valence-electron chi connectivity index (χ2n) is 2.69. The van der Waals surface area contributed by atoms with Crippen molar-refractivity contribution < 1.29 is 23.4 Å². The Hall–Kier alpha value is -1.91. The summed E-state index contributed by atoms with van der Waals surface area (Å²) in [5, 5.41) is 8.32. The lowest BCUT2D eigenvalue weighted by atomic mass is 10.2. The molecule has 0 aliphatic rings. The molecule has 0 bridgehead atoms. The van der Waals surface area contributed by atoms with Crippen LogP contribution in [0.4, 0.5) is 8.78 Å². The van der Waals surface area contributed by atoms with E-state index in [1.54, 1.807) is 0 Å². The lowest BCUT2D eigenvalue weighted by Crippen LogP contribution is -1.94. The van der Waals surface area contributed by atoms with Crippen LogP contribution in [0.1, 0.15) is 5.56 Å². The molecule has 0 aromatic heterocycles. The Morgan fingerprint density at radius 1 is 1.40 bits per heavy atom. The monoisotopic (exact) mass is 214 g/mol. The fraction of sp³-hybridized carbons (Fsp3) is 0.100. The number of ether oxygens (including phenoxy) is 1. The molecule has 0 heterocycles. The number of rotatable bonds is 3. The molecule has 0 amide bonds. The lowest BCUT2D eigenvalue weighted by Gasteiger charge is -2.03. The molecule has 80 valence electrons. The van der Waals surface area contributed by atoms with E-state index in [-0.39, 0.29) is 5.56 Å². The Kier molecular flexibility index (Phi) is 3.38. The van der Waals surface area contributed by atoms with Crippen LogP contribution in [0.25, 0.3) is 6.08 Å². The predicted octanol–water partition coefficient (Wildman–Crippen LogP) is 2.07. The van der Waals surface area contributed by atoms with E-state index in [4.69, 9.17) is 5.11 Å². The first-order valence-electron chi connectivity index (χ1n) is 3.98. The van der Waals surface area contributed by atoms with Crippen molar-refractivity contribution in [2.75, 3.05) is 7.11 Å². The third kappa shape index (κ3) is 2.77. The summed E-state index contributed by atoms with van der Waals surface area (Å²) in [7, 11) is 1.15. The van der Waals surface area contributed by atoms with Gasteiger partial charge in [0.1, 0.15) is 0 Å². The highest BCUT2D eigenvalue weighted by atomic mass is 19.1. The van der Waals surface area contributed by atoms with Gasteiger partial charge in [0.15, 0.2) is 17.4 Å². The molecule has 0 aliphatic carbocycles. The van der Waals surface area contributed by atoms with Crippen molar-refractivity contribution in [2.45, 2.75) is 0 Å². The molecule has 1 rings (SSSR count). The number of aliphatic carboxylic acids is 1. The van der Waals surface area contributed by atoms with Gasteiger partial charge in [-0.1, -0.05) is 0 Å². The summed E-state index contributed by atoms with van der Waals surface area (Å²) in [6, 6.07) is 1.97. The van der Waals surface area contributed by atoms with Crippen LogP contribution >= 0.6 is 0 Å². The first-order chi connectivity index (χ1) is 7.04. The first-order valence-corrected chi connectivity index (χ1v) is 3.98. The minimum atomic E-state index is -1.19. The predicted molar refractivity (Wildman–Crippen MR) is 49.6 cm³/mol. The smallest absolute Gasteiger partial charge is 0.328 e. The number of hydrogen-bond donors (Lipinski definition) is 1. The number of hydrogen-bond acceptors (Lipinski definition) is 2. The molecule has 5 heteroatoms. The molecule has 0 saturated carbocycles. The van der Waals surface area contributed by atoms with Crippen molar-refractivity contribution in [1.82, 2.24) is 0 Å². The molecule has 0 unspecified atom stereocenters. The normalized spacial score (nSPS) is 10.6. The van der Waals surface area contributed by atoms with E-state index in [0.717, 1.165) is 31.4 Å². The average molecular weight is 214 g/mol. The van der Waals surface area contributed by atoms with E-state index in [1.807, 2.05) is 0 Å². The molecule has 3 nitrogen and oxygen atoms in total. The van der Waals surface area contributed by atoms with Gasteiger partial charge in [0.05, 0.1) is 7.11 Å². The van der Waals surface area contributed by atoms with Crippen LogP contribution in [0.2, 0.25) is 0 Å². The summed E-state index contributed by atoms with van der Waals surface area (Å²) in [5.74, 6) is -3.42. The van der Waals surface area contributed by atoms with Crippen molar-refractivity contribution in [3.8, 4) is 5.75 Å². The van der Waals surface area contributed by atoms with Gasteiger partial charge < -0.3 is 9.84 Å². The van der Waals surface area contributed by atoms with Crippen LogP contribution in [-0.4, -0.2) is 18.2 Å². The zero-order chi connectivity index (χ0) is 11.4. The summed E-state index contributed by atoms with van der Waals surface area (Å²) in [5.41, 5.74) is 0.119. The fourth-order valence-corrected chi connectivity index (χ4v) is 1.04. The maximum absolute atomic E-state index is 13.1. The van der Waals surface area contributed by atoms with E-state index in [1.165, 1.54) is 0 Å². The van der Waals surface area contributed by atoms with Crippen LogP contribution in [0.15, 0.2) is 18.2 Å². The number of methoxy groups -OCH3 is 1. The molecule has 0 atom stereocenters. The SMILES string of the molecule is COc1c(F)cc(/C=C/C(=O)O)cc1F. The van der Waals surface area contributed by atoms with Crippen molar-refractivity contribution in [3.63, 3.8) is 0 Å². The lowest BCUT2D eigenvalue weighted by molar-refractivity contribution is -0.131. The molecule has 1 aromatic carbocycles. The van der Waals surface area contributed by atoms with Gasteiger partial charge in [-0.05, 0) is 23.8 Å². The van der Waals surface area contributed by atoms with Crippen molar-refractivity contribution in [3.05, 3.63) is 35.4 Å². The van der Waals surface area contributed by atoms with Gasteiger partial charge in [-0.3, -0.25) is 0 Å². The van der Waals surface area contributed by atoms with Gasteiger partial charge in [0.25, 0.3) is 0 Å². The summed E-state index contributed by atoms with van der Waals surface area (Å²) in [4.78, 5) is 10.2. The quantitative estimate of drug-likeness (QED) is 0.783. The second kappa shape index (κ2) is 4.54. The highest BCUT2D eigenvalue weighted by Crippen LogP contribution is 2.23. The van der Waals surface area contributed by atoms with Gasteiger partial charge in [-0.15, -0.1) is 0 Å². The average Bonchev–Trinajstić information content (AvgIpc) is 2.14. The molecule has 1 aromatic rings. The number of carbonyl (C=O) groups is 1. The van der Waals surface area contributed by atoms with Crippen molar-refractivity contribution >= 4 is 12.0 Å². The Morgan fingerprint density at radius 2 is 1.93 bits per heavy atom. The third-order valence-electron chi connectivity index (χ3n) is 1.64. The number of carboxylic acids is 1. The minimum absolute atomic E-state index is 0.119. The van der Waals surface area contributed by atoms with Gasteiger partial charge in [-0.25, -0.2) is 13.6 Å². The Bertz CT molecular complexity index is 390. The van der Waals surface area contributed by atoms with E-state index in [0.29, 0.717) is 0 Å². The molecule has 0 fully saturated rings. The van der Waals surface area contributed by atoms with Crippen molar-refractivity contribution in [1.29, 1.82) is 0 Å². The Balaban J connectivity index is 3.09. The van der Waals surface area contributed by atoms with Gasteiger partial charge >= 0.3 is 5.97 Å². The number of halogens is 2. The maximum Gasteiger partial charge on any atom is 0.328 e. The zero-order valence-corrected chi connectivity index (χ0v) is 7.83. The summed E-state index contributed by atoms with van der Waals surface area (Å²) in [6.45, 7) is 0. The molecule has 0 spiro atoms. The summed E-state index contributed by atoms with van der Waals surface area (Å²) >= 11 is 0. The number of carboxylic acid groups (broad SMARTS) is 1. The van der Waals surface area contributed by atoms with Gasteiger partial charge in [0, 0.05) is 6.08 Å². The van der Waals surface area contributed by atoms with Gasteiger partial charge in [0.2, 0.25) is 0 Å². The van der Waals surface area contributed by atoms with E-state index >= 15 is 0 Å². The second-order valence-corrected chi connectivity index (χ2v) is 2.69. The minimum Gasteiger partial charge on any atom is -0.491 e. The molecule has 0 radical (unpaired) electrons. The molecule has 0 aliphatic heterocycles. The fourth-order valence-electron chi connectivity index (χ4n) is 1.04. The largest absolute Gasteiger partial charge is 0.491 e. The van der Waals surface area contributed by atoms with Crippen LogP contribution in [0, 0.1) is 11.6 Å². The summed E-state index contributed by atoms with van der Waals surface area (Å²) in [6.07, 6.45) is 1.88. The standard InChI is InChI=1S/C10H8F2O3/c1-15-10-7(11)4-6(5-8(10)12)2-3-9(13)14/h2-5H,1H3,(H,13,14)/b3-2+. The van der Waals surface area contributed by atoms with Crippen molar-refractivity contribution in [2.24, 2.45) is 0 Å². The molecule has 1 N–H and O–H groups in total. The van der Waals surface area contributed by atoms with Crippen LogP contribution in [-0.2, 0) is 4.79 Å². The maximum atomic E-state index is 13.1. The Morgan fingerprint density at radius 3 is 2.33 bits per heavy atom. The van der Waals surface area contributed by atoms with Crippen LogP contribution in [0.3, 0.4) is 0 Å². The molecular weight excluding hydrogens is 206 g/mol. The van der Waals surface area contributed by atoms with Crippen LogP contribution in [0.5, 0.6) is 5.75 Å². The number of benzene rings is 1. The first kappa shape index (κ1) is 11.2. The van der Waals surface area contributed by atoms with Gasteiger partial charge in [-0.2, -0.15) is 0 Å². The highest BCUT2D eigenvalue weighted by molar-refractivity contribution is 5.85. The topological polar surface area (TPSA) is 46.5 Å². The van der Waals surface area contributed by atoms with E-state index < -0.39 is 23.4 Å². The molecular formula is C10H8F2O3. The van der Waals surface area contributed by atoms with Crippen LogP contribution < -0.4 is 4.74 Å². The molecule has 15 heavy (non-hydrogen) atoms. The van der Waals surface area contributed by atoms with E-state index in [9.17, 15) is 13.6 Å². The molecule has 0 saturated heterocycles. The van der Waals surface area contributed by atoms with E-state index in [2.05, 4.69) is 4.74 Å². The Labute approximate surface area is 84.6 Å². The highest BCUT2D eigenvalue weighted by Gasteiger charge is 2.10.